The fourth-order valence-corrected chi connectivity index (χ4v) is 3.86. The maximum Gasteiger partial charge on any atom is 0.0254 e. The molecule has 0 spiro atoms. The molecule has 2 rings (SSSR count). The van der Waals surface area contributed by atoms with Crippen molar-refractivity contribution in [2.75, 3.05) is 5.88 Å². The second-order valence-corrected chi connectivity index (χ2v) is 5.65. The van der Waals surface area contributed by atoms with Crippen LogP contribution in [0.4, 0.5) is 0 Å². The standard InChI is InChI=1S/C13H23Cl/c14-10-13(12-7-3-4-8-12)9-11-5-1-2-6-11/h11-13H,1-10H2. The van der Waals surface area contributed by atoms with Crippen LogP contribution in [0.25, 0.3) is 0 Å². The van der Waals surface area contributed by atoms with Crippen LogP contribution in [0.5, 0.6) is 0 Å². The lowest BCUT2D eigenvalue weighted by molar-refractivity contribution is 0.296. The first-order valence-electron chi connectivity index (χ1n) is 6.46. The monoisotopic (exact) mass is 214 g/mol. The molecule has 0 heterocycles. The Morgan fingerprint density at radius 2 is 1.50 bits per heavy atom. The van der Waals surface area contributed by atoms with Gasteiger partial charge in [-0.3, -0.25) is 0 Å². The highest BCUT2D eigenvalue weighted by molar-refractivity contribution is 6.18. The van der Waals surface area contributed by atoms with Gasteiger partial charge in [-0.05, 0) is 24.2 Å². The molecule has 2 fully saturated rings. The normalized spacial score (nSPS) is 27.2. The van der Waals surface area contributed by atoms with Crippen molar-refractivity contribution in [1.29, 1.82) is 0 Å². The first-order chi connectivity index (χ1) is 6.90. The first-order valence-corrected chi connectivity index (χ1v) is 6.99. The third-order valence-electron chi connectivity index (χ3n) is 4.38. The summed E-state index contributed by atoms with van der Waals surface area (Å²) >= 11 is 6.13. The fraction of sp³-hybridized carbons (Fsp3) is 1.00. The number of hydrogen-bond acceptors (Lipinski definition) is 0. The van der Waals surface area contributed by atoms with Crippen molar-refractivity contribution in [1.82, 2.24) is 0 Å². The zero-order valence-corrected chi connectivity index (χ0v) is 9.94. The summed E-state index contributed by atoms with van der Waals surface area (Å²) in [6.07, 6.45) is 13.2. The summed E-state index contributed by atoms with van der Waals surface area (Å²) < 4.78 is 0. The lowest BCUT2D eigenvalue weighted by Gasteiger charge is -2.24. The summed E-state index contributed by atoms with van der Waals surface area (Å²) in [4.78, 5) is 0. The summed E-state index contributed by atoms with van der Waals surface area (Å²) in [5.41, 5.74) is 0. The van der Waals surface area contributed by atoms with E-state index in [0.717, 1.165) is 23.6 Å². The van der Waals surface area contributed by atoms with Gasteiger partial charge in [0.05, 0.1) is 0 Å². The quantitative estimate of drug-likeness (QED) is 0.600. The molecule has 0 saturated heterocycles. The number of halogens is 1. The number of rotatable bonds is 4. The van der Waals surface area contributed by atoms with Gasteiger partial charge < -0.3 is 0 Å². The minimum absolute atomic E-state index is 0.849. The minimum Gasteiger partial charge on any atom is -0.126 e. The zero-order valence-electron chi connectivity index (χ0n) is 9.18. The largest absolute Gasteiger partial charge is 0.126 e. The van der Waals surface area contributed by atoms with Gasteiger partial charge in [0.1, 0.15) is 0 Å². The molecular formula is C13H23Cl. The Morgan fingerprint density at radius 3 is 2.07 bits per heavy atom. The Hall–Kier alpha value is 0.290. The molecule has 0 aliphatic heterocycles. The zero-order chi connectivity index (χ0) is 9.80. The Bertz CT molecular complexity index is 155. The van der Waals surface area contributed by atoms with Gasteiger partial charge in [0, 0.05) is 5.88 Å². The van der Waals surface area contributed by atoms with E-state index in [0.29, 0.717) is 0 Å². The minimum atomic E-state index is 0.849. The van der Waals surface area contributed by atoms with E-state index in [-0.39, 0.29) is 0 Å². The van der Waals surface area contributed by atoms with Crippen molar-refractivity contribution in [3.63, 3.8) is 0 Å². The number of hydrogen-bond donors (Lipinski definition) is 0. The Balaban J connectivity index is 1.79. The maximum absolute atomic E-state index is 6.13. The molecule has 0 amide bonds. The summed E-state index contributed by atoms with van der Waals surface area (Å²) in [5, 5.41) is 0. The topological polar surface area (TPSA) is 0 Å². The van der Waals surface area contributed by atoms with E-state index in [9.17, 15) is 0 Å². The van der Waals surface area contributed by atoms with E-state index in [4.69, 9.17) is 11.6 Å². The lowest BCUT2D eigenvalue weighted by Crippen LogP contribution is -2.16. The molecule has 2 saturated carbocycles. The van der Waals surface area contributed by atoms with Gasteiger partial charge in [-0.25, -0.2) is 0 Å². The summed E-state index contributed by atoms with van der Waals surface area (Å²) in [6.45, 7) is 0. The highest BCUT2D eigenvalue weighted by atomic mass is 35.5. The van der Waals surface area contributed by atoms with E-state index in [2.05, 4.69) is 0 Å². The molecule has 0 N–H and O–H groups in total. The number of alkyl halides is 1. The Morgan fingerprint density at radius 1 is 0.929 bits per heavy atom. The van der Waals surface area contributed by atoms with Gasteiger partial charge in [0.2, 0.25) is 0 Å². The summed E-state index contributed by atoms with van der Waals surface area (Å²) in [6, 6.07) is 0. The first kappa shape index (κ1) is 10.8. The van der Waals surface area contributed by atoms with Crippen LogP contribution >= 0.6 is 11.6 Å². The van der Waals surface area contributed by atoms with Crippen LogP contribution in [0, 0.1) is 17.8 Å². The van der Waals surface area contributed by atoms with Gasteiger partial charge in [-0.15, -0.1) is 11.6 Å². The van der Waals surface area contributed by atoms with E-state index in [1.165, 1.54) is 57.8 Å². The Labute approximate surface area is 93.4 Å². The third-order valence-corrected chi connectivity index (χ3v) is 4.77. The SMILES string of the molecule is ClCC(CC1CCCC1)C1CCCC1. The third kappa shape index (κ3) is 2.66. The summed E-state index contributed by atoms with van der Waals surface area (Å²) in [7, 11) is 0. The van der Waals surface area contributed by atoms with Crippen molar-refractivity contribution >= 4 is 11.6 Å². The maximum atomic E-state index is 6.13. The van der Waals surface area contributed by atoms with Crippen LogP contribution in [0.3, 0.4) is 0 Å². The van der Waals surface area contributed by atoms with E-state index in [1.807, 2.05) is 0 Å². The van der Waals surface area contributed by atoms with Crippen molar-refractivity contribution in [2.45, 2.75) is 57.8 Å². The van der Waals surface area contributed by atoms with Crippen molar-refractivity contribution in [2.24, 2.45) is 17.8 Å². The molecule has 0 aromatic carbocycles. The summed E-state index contributed by atoms with van der Waals surface area (Å²) in [5.74, 6) is 3.77. The van der Waals surface area contributed by atoms with Crippen LogP contribution in [0.1, 0.15) is 57.8 Å². The molecule has 14 heavy (non-hydrogen) atoms. The smallest absolute Gasteiger partial charge is 0.0254 e. The van der Waals surface area contributed by atoms with E-state index in [1.54, 1.807) is 0 Å². The molecule has 1 heteroatoms. The van der Waals surface area contributed by atoms with Gasteiger partial charge >= 0.3 is 0 Å². The molecular weight excluding hydrogens is 192 g/mol. The predicted molar refractivity (Wildman–Crippen MR) is 62.7 cm³/mol. The molecule has 0 aromatic heterocycles. The molecule has 1 atom stereocenters. The van der Waals surface area contributed by atoms with Gasteiger partial charge in [-0.1, -0.05) is 51.4 Å². The molecule has 1 unspecified atom stereocenters. The van der Waals surface area contributed by atoms with Crippen molar-refractivity contribution < 1.29 is 0 Å². The second kappa shape index (κ2) is 5.39. The van der Waals surface area contributed by atoms with Crippen molar-refractivity contribution in [3.8, 4) is 0 Å². The molecule has 0 bridgehead atoms. The molecule has 2 aliphatic rings. The van der Waals surface area contributed by atoms with E-state index >= 15 is 0 Å². The van der Waals surface area contributed by atoms with Crippen LogP contribution in [-0.4, -0.2) is 5.88 Å². The predicted octanol–water partition coefficient (Wildman–Crippen LogP) is 4.61. The second-order valence-electron chi connectivity index (χ2n) is 5.35. The van der Waals surface area contributed by atoms with Crippen molar-refractivity contribution in [3.05, 3.63) is 0 Å². The molecule has 0 aromatic rings. The molecule has 0 nitrogen and oxygen atoms in total. The van der Waals surface area contributed by atoms with Gasteiger partial charge in [-0.2, -0.15) is 0 Å². The van der Waals surface area contributed by atoms with Crippen LogP contribution < -0.4 is 0 Å². The van der Waals surface area contributed by atoms with E-state index < -0.39 is 0 Å². The average Bonchev–Trinajstić information content (AvgIpc) is 2.86. The Kier molecular flexibility index (Phi) is 4.16. The van der Waals surface area contributed by atoms with Crippen LogP contribution in [0.2, 0.25) is 0 Å². The van der Waals surface area contributed by atoms with Gasteiger partial charge in [0.25, 0.3) is 0 Å². The highest BCUT2D eigenvalue weighted by Gasteiger charge is 2.27. The fourth-order valence-electron chi connectivity index (χ4n) is 3.48. The van der Waals surface area contributed by atoms with Crippen LogP contribution in [-0.2, 0) is 0 Å². The molecule has 2 aliphatic carbocycles. The molecule has 82 valence electrons. The van der Waals surface area contributed by atoms with Gasteiger partial charge in [0.15, 0.2) is 0 Å². The lowest BCUT2D eigenvalue weighted by atomic mass is 9.84. The molecule has 0 radical (unpaired) electrons. The van der Waals surface area contributed by atoms with Crippen LogP contribution in [0.15, 0.2) is 0 Å². The average molecular weight is 215 g/mol. The highest BCUT2D eigenvalue weighted by Crippen LogP contribution is 2.38.